The first-order valence-corrected chi connectivity index (χ1v) is 4.96. The van der Waals surface area contributed by atoms with E-state index in [2.05, 4.69) is 4.99 Å². The van der Waals surface area contributed by atoms with Crippen LogP contribution in [-0.4, -0.2) is 21.3 Å². The van der Waals surface area contributed by atoms with Crippen molar-refractivity contribution in [1.29, 1.82) is 0 Å². The number of amides is 1. The summed E-state index contributed by atoms with van der Waals surface area (Å²) in [5.41, 5.74) is 0. The Hall–Kier alpha value is 0.0400. The average molecular weight is 175 g/mol. The Morgan fingerprint density at radius 3 is 2.40 bits per heavy atom. The molecule has 0 atom stereocenters. The molecular weight excluding hydrogens is 166 g/mol. The van der Waals surface area contributed by atoms with Crippen LogP contribution in [0.1, 0.15) is 13.8 Å². The highest BCUT2D eigenvalue weighted by molar-refractivity contribution is 8.39. The van der Waals surface area contributed by atoms with Crippen LogP contribution in [0.5, 0.6) is 0 Å². The van der Waals surface area contributed by atoms with Gasteiger partial charge in [-0.3, -0.25) is 4.79 Å². The molecule has 56 valence electrons. The van der Waals surface area contributed by atoms with E-state index < -0.39 is 0 Å². The number of aliphatic imine (C=N–C) groups is 1. The lowest BCUT2D eigenvalue weighted by atomic mass is 10.2. The molecule has 0 aromatic heterocycles. The minimum atomic E-state index is -0.321. The third-order valence-corrected chi connectivity index (χ3v) is 3.37. The molecule has 10 heavy (non-hydrogen) atoms. The van der Waals surface area contributed by atoms with Gasteiger partial charge in [-0.15, -0.1) is 11.8 Å². The summed E-state index contributed by atoms with van der Waals surface area (Å²) in [5, 5.41) is 0. The maximum Gasteiger partial charge on any atom is 0.263 e. The average Bonchev–Trinajstić information content (AvgIpc) is 2.08. The molecule has 0 radical (unpaired) electrons. The second-order valence-corrected chi connectivity index (χ2v) is 5.16. The van der Waals surface area contributed by atoms with Crippen molar-refractivity contribution in [1.82, 2.24) is 0 Å². The molecule has 1 amide bonds. The molecule has 0 aromatic carbocycles. The van der Waals surface area contributed by atoms with Crippen molar-refractivity contribution in [3.63, 3.8) is 0 Å². The van der Waals surface area contributed by atoms with E-state index in [9.17, 15) is 4.79 Å². The fraction of sp³-hybridized carbons (Fsp3) is 0.667. The molecule has 1 heterocycles. The second kappa shape index (κ2) is 2.58. The van der Waals surface area contributed by atoms with Gasteiger partial charge < -0.3 is 0 Å². The number of hydrogen-bond acceptors (Lipinski definition) is 3. The van der Waals surface area contributed by atoms with Crippen molar-refractivity contribution >= 4 is 33.8 Å². The Morgan fingerprint density at radius 2 is 2.20 bits per heavy atom. The van der Waals surface area contributed by atoms with E-state index in [4.69, 9.17) is 0 Å². The molecule has 1 aliphatic rings. The van der Waals surface area contributed by atoms with Crippen LogP contribution in [0.25, 0.3) is 0 Å². The molecule has 0 aliphatic carbocycles. The minimum absolute atomic E-state index is 0.0122. The van der Waals surface area contributed by atoms with Crippen LogP contribution in [0.3, 0.4) is 0 Å². The molecule has 0 spiro atoms. The SMILES string of the molecule is CSC1=NC(=O)C(C)(C)S1. The lowest BCUT2D eigenvalue weighted by Crippen LogP contribution is -2.21. The zero-order chi connectivity index (χ0) is 7.78. The first-order chi connectivity index (χ1) is 4.56. The summed E-state index contributed by atoms with van der Waals surface area (Å²) < 4.78 is 0.563. The summed E-state index contributed by atoms with van der Waals surface area (Å²) in [6, 6.07) is 0. The van der Waals surface area contributed by atoms with Crippen molar-refractivity contribution < 1.29 is 4.79 Å². The molecule has 0 fully saturated rings. The van der Waals surface area contributed by atoms with E-state index in [0.717, 1.165) is 4.38 Å². The van der Waals surface area contributed by atoms with E-state index in [-0.39, 0.29) is 10.7 Å². The van der Waals surface area contributed by atoms with E-state index in [1.165, 1.54) is 23.5 Å². The van der Waals surface area contributed by atoms with Crippen LogP contribution in [-0.2, 0) is 4.79 Å². The van der Waals surface area contributed by atoms with Crippen molar-refractivity contribution in [2.24, 2.45) is 4.99 Å². The Labute approximate surface area is 68.9 Å². The standard InChI is InChI=1S/C6H9NOS2/c1-6(2)4(8)7-5(9-3)10-6/h1-3H3. The minimum Gasteiger partial charge on any atom is -0.271 e. The van der Waals surface area contributed by atoms with Crippen molar-refractivity contribution in [3.05, 3.63) is 0 Å². The van der Waals surface area contributed by atoms with Gasteiger partial charge in [0, 0.05) is 0 Å². The predicted octanol–water partition coefficient (Wildman–Crippen LogP) is 1.76. The van der Waals surface area contributed by atoms with Crippen LogP contribution in [0, 0.1) is 0 Å². The molecule has 1 rings (SSSR count). The smallest absolute Gasteiger partial charge is 0.263 e. The van der Waals surface area contributed by atoms with Gasteiger partial charge in [0.1, 0.15) is 4.38 Å². The summed E-state index contributed by atoms with van der Waals surface area (Å²) in [6.45, 7) is 3.79. The van der Waals surface area contributed by atoms with E-state index >= 15 is 0 Å². The van der Waals surface area contributed by atoms with Crippen molar-refractivity contribution in [3.8, 4) is 0 Å². The third kappa shape index (κ3) is 1.37. The summed E-state index contributed by atoms with van der Waals surface area (Å²) in [7, 11) is 0. The molecule has 0 saturated carbocycles. The van der Waals surface area contributed by atoms with Gasteiger partial charge in [-0.2, -0.15) is 4.99 Å². The van der Waals surface area contributed by atoms with Crippen LogP contribution < -0.4 is 0 Å². The van der Waals surface area contributed by atoms with Gasteiger partial charge in [0.05, 0.1) is 4.75 Å². The maximum absolute atomic E-state index is 11.0. The van der Waals surface area contributed by atoms with Crippen molar-refractivity contribution in [2.75, 3.05) is 6.26 Å². The number of rotatable bonds is 0. The molecule has 0 aromatic rings. The molecule has 0 saturated heterocycles. The monoisotopic (exact) mass is 175 g/mol. The van der Waals surface area contributed by atoms with Gasteiger partial charge >= 0.3 is 0 Å². The van der Waals surface area contributed by atoms with Gasteiger partial charge in [0.15, 0.2) is 0 Å². The zero-order valence-corrected chi connectivity index (χ0v) is 7.80. The topological polar surface area (TPSA) is 29.4 Å². The Bertz CT molecular complexity index is 198. The Balaban J connectivity index is 2.76. The zero-order valence-electron chi connectivity index (χ0n) is 6.17. The van der Waals surface area contributed by atoms with E-state index in [0.29, 0.717) is 0 Å². The fourth-order valence-electron chi connectivity index (χ4n) is 0.590. The first kappa shape index (κ1) is 8.14. The molecular formula is C6H9NOS2. The Kier molecular flexibility index (Phi) is 2.10. The predicted molar refractivity (Wildman–Crippen MR) is 47.6 cm³/mol. The number of hydrogen-bond donors (Lipinski definition) is 0. The summed E-state index contributed by atoms with van der Waals surface area (Å²) in [5.74, 6) is -0.0122. The van der Waals surface area contributed by atoms with Gasteiger partial charge in [0.2, 0.25) is 0 Å². The van der Waals surface area contributed by atoms with Crippen molar-refractivity contribution in [2.45, 2.75) is 18.6 Å². The molecule has 1 aliphatic heterocycles. The molecule has 0 unspecified atom stereocenters. The highest BCUT2D eigenvalue weighted by Gasteiger charge is 2.35. The van der Waals surface area contributed by atoms with E-state index in [1.54, 1.807) is 0 Å². The fourth-order valence-corrected chi connectivity index (χ4v) is 2.42. The lowest BCUT2D eigenvalue weighted by Gasteiger charge is -2.10. The second-order valence-electron chi connectivity index (χ2n) is 2.50. The van der Waals surface area contributed by atoms with E-state index in [1.807, 2.05) is 20.1 Å². The molecule has 2 nitrogen and oxygen atoms in total. The third-order valence-electron chi connectivity index (χ3n) is 1.22. The van der Waals surface area contributed by atoms with Gasteiger partial charge in [0.25, 0.3) is 5.91 Å². The Morgan fingerprint density at radius 1 is 1.60 bits per heavy atom. The summed E-state index contributed by atoms with van der Waals surface area (Å²) in [4.78, 5) is 14.9. The summed E-state index contributed by atoms with van der Waals surface area (Å²) in [6.07, 6.45) is 1.93. The van der Waals surface area contributed by atoms with Gasteiger partial charge in [-0.05, 0) is 20.1 Å². The normalized spacial score (nSPS) is 23.1. The van der Waals surface area contributed by atoms with Crippen LogP contribution in [0.15, 0.2) is 4.99 Å². The van der Waals surface area contributed by atoms with Crippen LogP contribution >= 0.6 is 23.5 Å². The highest BCUT2D eigenvalue weighted by Crippen LogP contribution is 2.36. The molecule has 4 heteroatoms. The molecule has 0 bridgehead atoms. The van der Waals surface area contributed by atoms with Crippen LogP contribution in [0.4, 0.5) is 0 Å². The maximum atomic E-state index is 11.0. The van der Waals surface area contributed by atoms with Gasteiger partial charge in [-0.1, -0.05) is 11.8 Å². The largest absolute Gasteiger partial charge is 0.271 e. The number of carbonyl (C=O) groups excluding carboxylic acids is 1. The highest BCUT2D eigenvalue weighted by atomic mass is 32.2. The molecule has 0 N–H and O–H groups in total. The number of carbonyl (C=O) groups is 1. The van der Waals surface area contributed by atoms with Crippen LogP contribution in [0.2, 0.25) is 0 Å². The lowest BCUT2D eigenvalue weighted by molar-refractivity contribution is -0.119. The summed E-state index contributed by atoms with van der Waals surface area (Å²) >= 11 is 3.07. The van der Waals surface area contributed by atoms with Gasteiger partial charge in [-0.25, -0.2) is 0 Å². The first-order valence-electron chi connectivity index (χ1n) is 2.92. The number of thioether (sulfide) groups is 2. The quantitative estimate of drug-likeness (QED) is 0.562. The number of nitrogens with zero attached hydrogens (tertiary/aromatic N) is 1.